The number of benzene rings is 2. The molecular formula is C16H9ClN4O5S. The van der Waals surface area contributed by atoms with Crippen molar-refractivity contribution in [3.63, 3.8) is 0 Å². The maximum atomic E-state index is 12.3. The number of anilines is 1. The molecular weight excluding hydrogens is 396 g/mol. The van der Waals surface area contributed by atoms with E-state index in [9.17, 15) is 25.0 Å². The lowest BCUT2D eigenvalue weighted by molar-refractivity contribution is -0.394. The predicted molar refractivity (Wildman–Crippen MR) is 100 cm³/mol. The van der Waals surface area contributed by atoms with E-state index in [0.29, 0.717) is 10.7 Å². The minimum atomic E-state index is -0.800. The molecule has 136 valence electrons. The van der Waals surface area contributed by atoms with Gasteiger partial charge in [0.15, 0.2) is 5.13 Å². The molecule has 0 bridgehead atoms. The van der Waals surface area contributed by atoms with Crippen molar-refractivity contribution in [3.8, 4) is 11.3 Å². The van der Waals surface area contributed by atoms with Gasteiger partial charge >= 0.3 is 0 Å². The number of carbonyl (C=O) groups is 1. The van der Waals surface area contributed by atoms with Crippen LogP contribution in [0.2, 0.25) is 5.02 Å². The second-order valence-corrected chi connectivity index (χ2v) is 6.55. The van der Waals surface area contributed by atoms with E-state index in [1.54, 1.807) is 29.6 Å². The number of carbonyl (C=O) groups excluding carboxylic acids is 1. The predicted octanol–water partition coefficient (Wildman–Crippen LogP) is 4.53. The smallest absolute Gasteiger partial charge is 0.277 e. The van der Waals surface area contributed by atoms with E-state index in [2.05, 4.69) is 10.3 Å². The first kappa shape index (κ1) is 18.4. The van der Waals surface area contributed by atoms with E-state index in [4.69, 9.17) is 11.6 Å². The number of hydrogen-bond acceptors (Lipinski definition) is 7. The molecule has 1 aromatic heterocycles. The molecule has 27 heavy (non-hydrogen) atoms. The highest BCUT2D eigenvalue weighted by Crippen LogP contribution is 2.27. The SMILES string of the molecule is O=C(Nc1nc(-c2ccc(Cl)cc2)cs1)c1cc([N+](=O)[O-])cc([N+](=O)[O-])c1. The van der Waals surface area contributed by atoms with Crippen molar-refractivity contribution in [2.45, 2.75) is 0 Å². The number of non-ortho nitro benzene ring substituents is 2. The fraction of sp³-hybridized carbons (Fsp3) is 0. The first-order valence-corrected chi connectivity index (χ1v) is 8.56. The van der Waals surface area contributed by atoms with E-state index in [1.807, 2.05) is 0 Å². The highest BCUT2D eigenvalue weighted by molar-refractivity contribution is 7.14. The van der Waals surface area contributed by atoms with Gasteiger partial charge in [-0.15, -0.1) is 11.3 Å². The Balaban J connectivity index is 1.84. The van der Waals surface area contributed by atoms with Crippen LogP contribution in [0.25, 0.3) is 11.3 Å². The Bertz CT molecular complexity index is 1020. The van der Waals surface area contributed by atoms with Crippen molar-refractivity contribution < 1.29 is 14.6 Å². The fourth-order valence-electron chi connectivity index (χ4n) is 2.19. The van der Waals surface area contributed by atoms with Crippen LogP contribution >= 0.6 is 22.9 Å². The molecule has 3 rings (SSSR count). The zero-order valence-electron chi connectivity index (χ0n) is 13.3. The number of aromatic nitrogens is 1. The van der Waals surface area contributed by atoms with Gasteiger partial charge < -0.3 is 0 Å². The van der Waals surface area contributed by atoms with E-state index < -0.39 is 27.1 Å². The van der Waals surface area contributed by atoms with Crippen LogP contribution in [0.5, 0.6) is 0 Å². The molecule has 0 aliphatic heterocycles. The summed E-state index contributed by atoms with van der Waals surface area (Å²) in [7, 11) is 0. The lowest BCUT2D eigenvalue weighted by atomic mass is 10.1. The van der Waals surface area contributed by atoms with Crippen LogP contribution in [0.4, 0.5) is 16.5 Å². The Labute approximate surface area is 160 Å². The Kier molecular flexibility index (Phi) is 5.10. The third-order valence-corrected chi connectivity index (χ3v) is 4.46. The van der Waals surface area contributed by atoms with Crippen LogP contribution in [0.3, 0.4) is 0 Å². The summed E-state index contributed by atoms with van der Waals surface area (Å²) in [6, 6.07) is 9.68. The molecule has 11 heteroatoms. The monoisotopic (exact) mass is 404 g/mol. The number of nitrogens with zero attached hydrogens (tertiary/aromatic N) is 3. The highest BCUT2D eigenvalue weighted by Gasteiger charge is 2.20. The number of halogens is 1. The second kappa shape index (κ2) is 7.48. The zero-order chi connectivity index (χ0) is 19.6. The van der Waals surface area contributed by atoms with Gasteiger partial charge in [-0.25, -0.2) is 4.98 Å². The molecule has 0 aliphatic carbocycles. The molecule has 0 spiro atoms. The third-order valence-electron chi connectivity index (χ3n) is 3.45. The quantitative estimate of drug-likeness (QED) is 0.491. The van der Waals surface area contributed by atoms with E-state index in [0.717, 1.165) is 35.1 Å². The molecule has 0 fully saturated rings. The van der Waals surface area contributed by atoms with Gasteiger partial charge in [0, 0.05) is 28.1 Å². The summed E-state index contributed by atoms with van der Waals surface area (Å²) in [6.45, 7) is 0. The van der Waals surface area contributed by atoms with Crippen LogP contribution in [0.1, 0.15) is 10.4 Å². The maximum Gasteiger partial charge on any atom is 0.277 e. The Hall–Kier alpha value is -3.37. The second-order valence-electron chi connectivity index (χ2n) is 5.25. The van der Waals surface area contributed by atoms with Gasteiger partial charge in [0.2, 0.25) is 0 Å². The van der Waals surface area contributed by atoms with Crippen LogP contribution in [0.15, 0.2) is 47.8 Å². The summed E-state index contributed by atoms with van der Waals surface area (Å²) >= 11 is 6.99. The van der Waals surface area contributed by atoms with Crippen LogP contribution in [-0.2, 0) is 0 Å². The van der Waals surface area contributed by atoms with Crippen molar-refractivity contribution in [1.82, 2.24) is 4.98 Å². The van der Waals surface area contributed by atoms with E-state index >= 15 is 0 Å². The van der Waals surface area contributed by atoms with E-state index in [1.165, 1.54) is 0 Å². The molecule has 0 unspecified atom stereocenters. The molecule has 1 heterocycles. The number of hydrogen-bond donors (Lipinski definition) is 1. The largest absolute Gasteiger partial charge is 0.298 e. The fourth-order valence-corrected chi connectivity index (χ4v) is 3.03. The summed E-state index contributed by atoms with van der Waals surface area (Å²) in [5.41, 5.74) is 0.101. The summed E-state index contributed by atoms with van der Waals surface area (Å²) in [4.78, 5) is 36.9. The molecule has 9 nitrogen and oxygen atoms in total. The average Bonchev–Trinajstić information content (AvgIpc) is 3.10. The first-order valence-electron chi connectivity index (χ1n) is 7.30. The van der Waals surface area contributed by atoms with Crippen molar-refractivity contribution in [2.75, 3.05) is 5.32 Å². The number of nitro benzene ring substituents is 2. The van der Waals surface area contributed by atoms with Crippen molar-refractivity contribution in [1.29, 1.82) is 0 Å². The Morgan fingerprint density at radius 3 is 2.19 bits per heavy atom. The molecule has 1 amide bonds. The Morgan fingerprint density at radius 2 is 1.63 bits per heavy atom. The van der Waals surface area contributed by atoms with Gasteiger partial charge in [-0.2, -0.15) is 0 Å². The molecule has 0 saturated heterocycles. The lowest BCUT2D eigenvalue weighted by Gasteiger charge is -2.02. The standard InChI is InChI=1S/C16H9ClN4O5S/c17-11-3-1-9(2-4-11)14-8-27-16(18-14)19-15(22)10-5-12(20(23)24)7-13(6-10)21(25)26/h1-8H,(H,18,19,22). The molecule has 1 N–H and O–H groups in total. The molecule has 3 aromatic rings. The molecule has 0 atom stereocenters. The third kappa shape index (κ3) is 4.25. The average molecular weight is 405 g/mol. The van der Waals surface area contributed by atoms with E-state index in [-0.39, 0.29) is 10.7 Å². The van der Waals surface area contributed by atoms with Gasteiger partial charge in [0.05, 0.1) is 27.2 Å². The summed E-state index contributed by atoms with van der Waals surface area (Å²) in [5, 5.41) is 26.9. The number of nitro groups is 2. The van der Waals surface area contributed by atoms with Gasteiger partial charge in [-0.1, -0.05) is 23.7 Å². The first-order chi connectivity index (χ1) is 12.8. The molecule has 2 aromatic carbocycles. The van der Waals surface area contributed by atoms with Crippen molar-refractivity contribution in [2.24, 2.45) is 0 Å². The minimum absolute atomic E-state index is 0.209. The Morgan fingerprint density at radius 1 is 1.04 bits per heavy atom. The maximum absolute atomic E-state index is 12.3. The molecule has 0 saturated carbocycles. The number of amides is 1. The molecule has 0 aliphatic rings. The van der Waals surface area contributed by atoms with Crippen molar-refractivity contribution >= 4 is 45.4 Å². The highest BCUT2D eigenvalue weighted by atomic mass is 35.5. The number of rotatable bonds is 5. The zero-order valence-corrected chi connectivity index (χ0v) is 14.9. The normalized spacial score (nSPS) is 10.4. The summed E-state index contributed by atoms with van der Waals surface area (Å²) < 4.78 is 0. The minimum Gasteiger partial charge on any atom is -0.298 e. The van der Waals surface area contributed by atoms with Crippen LogP contribution in [-0.4, -0.2) is 20.7 Å². The van der Waals surface area contributed by atoms with Gasteiger partial charge in [0.25, 0.3) is 17.3 Å². The van der Waals surface area contributed by atoms with Gasteiger partial charge in [-0.05, 0) is 12.1 Å². The topological polar surface area (TPSA) is 128 Å². The van der Waals surface area contributed by atoms with Crippen molar-refractivity contribution in [3.05, 3.63) is 78.7 Å². The van der Waals surface area contributed by atoms with Gasteiger partial charge in [0.1, 0.15) is 0 Å². The molecule has 0 radical (unpaired) electrons. The summed E-state index contributed by atoms with van der Waals surface area (Å²) in [6.07, 6.45) is 0. The van der Waals surface area contributed by atoms with Crippen LogP contribution in [0, 0.1) is 20.2 Å². The number of nitrogens with one attached hydrogen (secondary N) is 1. The summed E-state index contributed by atoms with van der Waals surface area (Å²) in [5.74, 6) is -0.737. The van der Waals surface area contributed by atoms with Gasteiger partial charge in [-0.3, -0.25) is 30.3 Å². The lowest BCUT2D eigenvalue weighted by Crippen LogP contribution is -2.12. The number of thiazole rings is 1. The van der Waals surface area contributed by atoms with Crippen LogP contribution < -0.4 is 5.32 Å².